The summed E-state index contributed by atoms with van der Waals surface area (Å²) in [5.74, 6) is 0. The lowest BCUT2D eigenvalue weighted by Gasteiger charge is -2.27. The molecule has 0 amide bonds. The molecule has 0 unspecified atom stereocenters. The van der Waals surface area contributed by atoms with Crippen molar-refractivity contribution in [3.63, 3.8) is 0 Å². The van der Waals surface area contributed by atoms with E-state index in [1.807, 2.05) is 48.5 Å². The summed E-state index contributed by atoms with van der Waals surface area (Å²) in [6, 6.07) is 20.0. The normalized spacial score (nSPS) is 13.9. The summed E-state index contributed by atoms with van der Waals surface area (Å²) in [5, 5.41) is 14.4. The van der Waals surface area contributed by atoms with Crippen molar-refractivity contribution in [2.45, 2.75) is 26.0 Å². The van der Waals surface area contributed by atoms with E-state index in [2.05, 4.69) is 36.2 Å². The van der Waals surface area contributed by atoms with E-state index in [0.717, 1.165) is 37.3 Å². The minimum Gasteiger partial charge on any atom is -0.386 e. The third kappa shape index (κ3) is 5.17. The van der Waals surface area contributed by atoms with Crippen LogP contribution in [0.4, 0.5) is 0 Å². The van der Waals surface area contributed by atoms with Gasteiger partial charge >= 0.3 is 0 Å². The van der Waals surface area contributed by atoms with Crippen LogP contribution in [0.25, 0.3) is 0 Å². The summed E-state index contributed by atoms with van der Waals surface area (Å²) in [6.45, 7) is 8.29. The second kappa shape index (κ2) is 9.46. The number of rotatable bonds is 9. The summed E-state index contributed by atoms with van der Waals surface area (Å²) in [7, 11) is 0. The van der Waals surface area contributed by atoms with E-state index in [4.69, 9.17) is 0 Å². The molecule has 0 fully saturated rings. The highest BCUT2D eigenvalue weighted by Gasteiger charge is 2.22. The Morgan fingerprint density at radius 2 is 1.39 bits per heavy atom. The molecular formula is C20H28N2O. The van der Waals surface area contributed by atoms with Crippen LogP contribution in [0.3, 0.4) is 0 Å². The Bertz CT molecular complexity index is 540. The van der Waals surface area contributed by atoms with Crippen molar-refractivity contribution in [2.24, 2.45) is 0 Å². The largest absolute Gasteiger partial charge is 0.386 e. The van der Waals surface area contributed by atoms with Crippen LogP contribution in [0.2, 0.25) is 0 Å². The molecule has 0 bridgehead atoms. The van der Waals surface area contributed by atoms with Crippen molar-refractivity contribution < 1.29 is 5.11 Å². The second-order valence-electron chi connectivity index (χ2n) is 5.72. The minimum absolute atomic E-state index is 0.103. The Labute approximate surface area is 140 Å². The van der Waals surface area contributed by atoms with Gasteiger partial charge in [-0.2, -0.15) is 0 Å². The van der Waals surface area contributed by atoms with Crippen molar-refractivity contribution in [3.8, 4) is 0 Å². The van der Waals surface area contributed by atoms with Gasteiger partial charge in [0.15, 0.2) is 0 Å². The maximum atomic E-state index is 10.8. The van der Waals surface area contributed by atoms with Crippen LogP contribution in [0.5, 0.6) is 0 Å². The van der Waals surface area contributed by atoms with Gasteiger partial charge in [0.2, 0.25) is 0 Å². The van der Waals surface area contributed by atoms with Crippen LogP contribution in [0.15, 0.2) is 60.7 Å². The summed E-state index contributed by atoms with van der Waals surface area (Å²) in [4.78, 5) is 2.38. The average Bonchev–Trinajstić information content (AvgIpc) is 2.63. The van der Waals surface area contributed by atoms with E-state index in [-0.39, 0.29) is 6.04 Å². The van der Waals surface area contributed by atoms with Gasteiger partial charge in [0.25, 0.3) is 0 Å². The molecule has 2 aromatic carbocycles. The first-order valence-electron chi connectivity index (χ1n) is 8.50. The lowest BCUT2D eigenvalue weighted by molar-refractivity contribution is 0.126. The Balaban J connectivity index is 2.09. The van der Waals surface area contributed by atoms with Crippen molar-refractivity contribution in [1.29, 1.82) is 0 Å². The standard InChI is InChI=1S/C20H28N2O/c1-3-22(4-2)16-15-21-19(17-11-7-5-8-12-17)20(23)18-13-9-6-10-14-18/h5-14,19-21,23H,3-4,15-16H2,1-2H3/t19-,20+/m0/s1. The monoisotopic (exact) mass is 312 g/mol. The molecule has 0 aliphatic rings. The predicted octanol–water partition coefficient (Wildman–Crippen LogP) is 3.39. The molecular weight excluding hydrogens is 284 g/mol. The van der Waals surface area contributed by atoms with Gasteiger partial charge in [-0.05, 0) is 24.2 Å². The zero-order valence-corrected chi connectivity index (χ0v) is 14.2. The molecule has 0 radical (unpaired) electrons. The molecule has 2 rings (SSSR count). The molecule has 0 aliphatic heterocycles. The maximum absolute atomic E-state index is 10.8. The van der Waals surface area contributed by atoms with E-state index in [9.17, 15) is 5.11 Å². The molecule has 0 saturated carbocycles. The van der Waals surface area contributed by atoms with Crippen LogP contribution in [0, 0.1) is 0 Å². The topological polar surface area (TPSA) is 35.5 Å². The lowest BCUT2D eigenvalue weighted by atomic mass is 9.96. The Hall–Kier alpha value is -1.68. The number of aliphatic hydroxyl groups is 1. The fourth-order valence-corrected chi connectivity index (χ4v) is 2.83. The van der Waals surface area contributed by atoms with E-state index in [1.165, 1.54) is 0 Å². The number of nitrogens with zero attached hydrogens (tertiary/aromatic N) is 1. The molecule has 0 spiro atoms. The van der Waals surface area contributed by atoms with E-state index >= 15 is 0 Å². The van der Waals surface area contributed by atoms with Gasteiger partial charge in [-0.3, -0.25) is 0 Å². The number of aliphatic hydroxyl groups excluding tert-OH is 1. The third-order valence-corrected chi connectivity index (χ3v) is 4.30. The van der Waals surface area contributed by atoms with Gasteiger partial charge < -0.3 is 15.3 Å². The van der Waals surface area contributed by atoms with Crippen molar-refractivity contribution in [2.75, 3.05) is 26.2 Å². The first-order valence-corrected chi connectivity index (χ1v) is 8.50. The fraction of sp³-hybridized carbons (Fsp3) is 0.400. The van der Waals surface area contributed by atoms with Crippen molar-refractivity contribution >= 4 is 0 Å². The highest BCUT2D eigenvalue weighted by molar-refractivity contribution is 5.26. The molecule has 124 valence electrons. The molecule has 3 heteroatoms. The van der Waals surface area contributed by atoms with Crippen LogP contribution in [0.1, 0.15) is 37.1 Å². The van der Waals surface area contributed by atoms with Gasteiger partial charge in [-0.1, -0.05) is 74.5 Å². The quantitative estimate of drug-likeness (QED) is 0.745. The number of hydrogen-bond acceptors (Lipinski definition) is 3. The first-order chi connectivity index (χ1) is 11.3. The lowest BCUT2D eigenvalue weighted by Crippen LogP contribution is -2.35. The summed E-state index contributed by atoms with van der Waals surface area (Å²) in [5.41, 5.74) is 2.06. The molecule has 2 aromatic rings. The number of benzene rings is 2. The molecule has 0 aromatic heterocycles. The highest BCUT2D eigenvalue weighted by atomic mass is 16.3. The molecule has 2 N–H and O–H groups in total. The first kappa shape index (κ1) is 17.7. The van der Waals surface area contributed by atoms with Crippen molar-refractivity contribution in [3.05, 3.63) is 71.8 Å². The highest BCUT2D eigenvalue weighted by Crippen LogP contribution is 2.28. The zero-order chi connectivity index (χ0) is 16.5. The van der Waals surface area contributed by atoms with E-state index in [1.54, 1.807) is 0 Å². The minimum atomic E-state index is -0.560. The van der Waals surface area contributed by atoms with Gasteiger partial charge in [-0.25, -0.2) is 0 Å². The Morgan fingerprint density at radius 3 is 1.91 bits per heavy atom. The molecule has 0 heterocycles. The molecule has 23 heavy (non-hydrogen) atoms. The molecule has 0 saturated heterocycles. The maximum Gasteiger partial charge on any atom is 0.0984 e. The van der Waals surface area contributed by atoms with Crippen molar-refractivity contribution in [1.82, 2.24) is 10.2 Å². The molecule has 0 aliphatic carbocycles. The zero-order valence-electron chi connectivity index (χ0n) is 14.2. The summed E-state index contributed by atoms with van der Waals surface area (Å²) < 4.78 is 0. The summed E-state index contributed by atoms with van der Waals surface area (Å²) in [6.07, 6.45) is -0.560. The molecule has 2 atom stereocenters. The fourth-order valence-electron chi connectivity index (χ4n) is 2.83. The average molecular weight is 312 g/mol. The van der Waals surface area contributed by atoms with Crippen LogP contribution in [-0.4, -0.2) is 36.2 Å². The second-order valence-corrected chi connectivity index (χ2v) is 5.72. The van der Waals surface area contributed by atoms with Gasteiger partial charge in [0.05, 0.1) is 12.1 Å². The van der Waals surface area contributed by atoms with E-state index < -0.39 is 6.10 Å². The number of hydrogen-bond donors (Lipinski definition) is 2. The summed E-state index contributed by atoms with van der Waals surface area (Å²) >= 11 is 0. The number of nitrogens with one attached hydrogen (secondary N) is 1. The van der Waals surface area contributed by atoms with Gasteiger partial charge in [-0.15, -0.1) is 0 Å². The van der Waals surface area contributed by atoms with Crippen LogP contribution >= 0.6 is 0 Å². The van der Waals surface area contributed by atoms with Gasteiger partial charge in [0.1, 0.15) is 0 Å². The third-order valence-electron chi connectivity index (χ3n) is 4.30. The molecule has 3 nitrogen and oxygen atoms in total. The van der Waals surface area contributed by atoms with Crippen LogP contribution < -0.4 is 5.32 Å². The Morgan fingerprint density at radius 1 is 0.870 bits per heavy atom. The smallest absolute Gasteiger partial charge is 0.0984 e. The SMILES string of the molecule is CCN(CC)CCN[C@@H](c1ccccc1)[C@H](O)c1ccccc1. The van der Waals surface area contributed by atoms with Crippen LogP contribution in [-0.2, 0) is 0 Å². The Kier molecular flexibility index (Phi) is 7.27. The predicted molar refractivity (Wildman–Crippen MR) is 96.4 cm³/mol. The number of likely N-dealkylation sites (N-methyl/N-ethyl adjacent to an activating group) is 1. The van der Waals surface area contributed by atoms with Gasteiger partial charge in [0, 0.05) is 13.1 Å². The van der Waals surface area contributed by atoms with E-state index in [0.29, 0.717) is 0 Å².